The van der Waals surface area contributed by atoms with E-state index in [-0.39, 0.29) is 0 Å². The van der Waals surface area contributed by atoms with Crippen LogP contribution in [0, 0.1) is 0 Å². The Labute approximate surface area is 284 Å². The maximum absolute atomic E-state index is 6.61. The molecule has 0 atom stereocenters. The summed E-state index contributed by atoms with van der Waals surface area (Å²) in [6.07, 6.45) is 0. The number of furan rings is 1. The van der Waals surface area contributed by atoms with Gasteiger partial charge in [0.15, 0.2) is 0 Å². The quantitative estimate of drug-likeness (QED) is 0.178. The van der Waals surface area contributed by atoms with Crippen LogP contribution >= 0.6 is 0 Å². The van der Waals surface area contributed by atoms with Gasteiger partial charge in [-0.25, -0.2) is 0 Å². The fourth-order valence-electron chi connectivity index (χ4n) is 7.86. The van der Waals surface area contributed by atoms with Crippen LogP contribution in [0.4, 0.5) is 0 Å². The van der Waals surface area contributed by atoms with Crippen molar-refractivity contribution >= 4 is 54.3 Å². The molecule has 10 aromatic rings. The molecular weight excluding hydrogens is 593 g/mol. The van der Waals surface area contributed by atoms with Gasteiger partial charge in [0.05, 0.1) is 0 Å². The normalized spacial score (nSPS) is 11.7. The van der Waals surface area contributed by atoms with Crippen molar-refractivity contribution in [3.63, 3.8) is 0 Å². The van der Waals surface area contributed by atoms with Crippen molar-refractivity contribution in [2.75, 3.05) is 0 Å². The molecule has 1 heterocycles. The third-order valence-corrected chi connectivity index (χ3v) is 10.0. The molecule has 10 rings (SSSR count). The lowest BCUT2D eigenvalue weighted by atomic mass is 9.84. The summed E-state index contributed by atoms with van der Waals surface area (Å²) >= 11 is 0. The van der Waals surface area contributed by atoms with Gasteiger partial charge in [-0.05, 0) is 95.5 Å². The van der Waals surface area contributed by atoms with Gasteiger partial charge in [-0.1, -0.05) is 158 Å². The Morgan fingerprint density at radius 3 is 1.55 bits per heavy atom. The summed E-state index contributed by atoms with van der Waals surface area (Å²) in [5.74, 6) is 0. The highest BCUT2D eigenvalue weighted by Crippen LogP contribution is 2.46. The van der Waals surface area contributed by atoms with E-state index in [2.05, 4.69) is 176 Å². The van der Waals surface area contributed by atoms with Crippen LogP contribution in [-0.2, 0) is 0 Å². The highest BCUT2D eigenvalue weighted by Gasteiger charge is 2.20. The third-order valence-electron chi connectivity index (χ3n) is 10.0. The molecule has 0 aliphatic heterocycles. The molecule has 9 aromatic carbocycles. The van der Waals surface area contributed by atoms with Gasteiger partial charge in [0.25, 0.3) is 0 Å². The van der Waals surface area contributed by atoms with Crippen LogP contribution in [0.1, 0.15) is 0 Å². The van der Waals surface area contributed by atoms with E-state index >= 15 is 0 Å². The van der Waals surface area contributed by atoms with Crippen molar-refractivity contribution in [2.24, 2.45) is 0 Å². The van der Waals surface area contributed by atoms with E-state index in [1.54, 1.807) is 0 Å². The summed E-state index contributed by atoms with van der Waals surface area (Å²) in [6, 6.07) is 65.7. The first-order chi connectivity index (χ1) is 24.3. The molecule has 0 radical (unpaired) electrons. The van der Waals surface area contributed by atoms with Crippen molar-refractivity contribution in [1.82, 2.24) is 0 Å². The van der Waals surface area contributed by atoms with Crippen molar-refractivity contribution in [1.29, 1.82) is 0 Å². The fraction of sp³-hybridized carbons (Fsp3) is 0. The standard InChI is InChI=1S/C48H30O/c1-2-14-32(15-3-1)47-37(27-28-43-38-19-10-11-24-44(38)49-48(43)47)34-17-12-18-35(30-34)45-39-20-6-8-22-41(39)46(42-23-9-7-21-40(42)45)36-26-25-31-13-4-5-16-33(31)29-36/h1-30H. The minimum atomic E-state index is 0.907. The number of rotatable bonds is 4. The fourth-order valence-corrected chi connectivity index (χ4v) is 7.86. The summed E-state index contributed by atoms with van der Waals surface area (Å²) in [4.78, 5) is 0. The van der Waals surface area contributed by atoms with Gasteiger partial charge in [0, 0.05) is 16.3 Å². The van der Waals surface area contributed by atoms with E-state index in [1.807, 2.05) is 6.07 Å². The first-order valence-electron chi connectivity index (χ1n) is 16.8. The van der Waals surface area contributed by atoms with Gasteiger partial charge < -0.3 is 4.42 Å². The van der Waals surface area contributed by atoms with Crippen LogP contribution in [0.25, 0.3) is 98.8 Å². The number of fused-ring (bicyclic) bond motifs is 6. The van der Waals surface area contributed by atoms with Crippen LogP contribution < -0.4 is 0 Å². The maximum Gasteiger partial charge on any atom is 0.143 e. The van der Waals surface area contributed by atoms with Crippen LogP contribution in [0.15, 0.2) is 186 Å². The second kappa shape index (κ2) is 11.1. The minimum Gasteiger partial charge on any atom is -0.455 e. The zero-order chi connectivity index (χ0) is 32.3. The minimum absolute atomic E-state index is 0.907. The molecule has 0 bridgehead atoms. The molecule has 1 aromatic heterocycles. The average molecular weight is 623 g/mol. The zero-order valence-corrected chi connectivity index (χ0v) is 26.7. The van der Waals surface area contributed by atoms with Crippen LogP contribution in [0.5, 0.6) is 0 Å². The molecule has 0 unspecified atom stereocenters. The zero-order valence-electron chi connectivity index (χ0n) is 26.7. The predicted molar refractivity (Wildman–Crippen MR) is 208 cm³/mol. The van der Waals surface area contributed by atoms with Crippen molar-refractivity contribution in [2.45, 2.75) is 0 Å². The summed E-state index contributed by atoms with van der Waals surface area (Å²) < 4.78 is 6.61. The number of benzene rings is 9. The molecule has 0 spiro atoms. The molecule has 0 N–H and O–H groups in total. The Hall–Kier alpha value is -6.44. The van der Waals surface area contributed by atoms with Crippen LogP contribution in [-0.4, -0.2) is 0 Å². The van der Waals surface area contributed by atoms with Crippen LogP contribution in [0.2, 0.25) is 0 Å². The Kier molecular flexibility index (Phi) is 6.25. The smallest absolute Gasteiger partial charge is 0.143 e. The van der Waals surface area contributed by atoms with Gasteiger partial charge in [-0.3, -0.25) is 0 Å². The van der Waals surface area contributed by atoms with Gasteiger partial charge in [-0.15, -0.1) is 0 Å². The number of para-hydroxylation sites is 1. The lowest BCUT2D eigenvalue weighted by Gasteiger charge is -2.19. The van der Waals surface area contributed by atoms with Crippen molar-refractivity contribution < 1.29 is 4.42 Å². The second-order valence-electron chi connectivity index (χ2n) is 12.8. The Morgan fingerprint density at radius 1 is 0.286 bits per heavy atom. The molecule has 228 valence electrons. The van der Waals surface area contributed by atoms with E-state index in [0.717, 1.165) is 44.2 Å². The molecular formula is C48H30O. The first kappa shape index (κ1) is 27.7. The summed E-state index contributed by atoms with van der Waals surface area (Å²) in [6.45, 7) is 0. The van der Waals surface area contributed by atoms with E-state index in [0.29, 0.717) is 0 Å². The van der Waals surface area contributed by atoms with E-state index in [9.17, 15) is 0 Å². The maximum atomic E-state index is 6.61. The van der Waals surface area contributed by atoms with Gasteiger partial charge in [0.1, 0.15) is 11.2 Å². The molecule has 49 heavy (non-hydrogen) atoms. The monoisotopic (exact) mass is 622 g/mol. The number of hydrogen-bond donors (Lipinski definition) is 0. The first-order valence-corrected chi connectivity index (χ1v) is 16.8. The predicted octanol–water partition coefficient (Wildman–Crippen LogP) is 13.7. The number of hydrogen-bond acceptors (Lipinski definition) is 1. The third kappa shape index (κ3) is 4.40. The SMILES string of the molecule is c1ccc(-c2c(-c3cccc(-c4c5ccccc5c(-c5ccc6ccccc6c5)c5ccccc45)c3)ccc3c2oc2ccccc23)cc1. The summed E-state index contributed by atoms with van der Waals surface area (Å²) in [7, 11) is 0. The van der Waals surface area contributed by atoms with E-state index < -0.39 is 0 Å². The Morgan fingerprint density at radius 2 is 0.837 bits per heavy atom. The lowest BCUT2D eigenvalue weighted by molar-refractivity contribution is 0.670. The van der Waals surface area contributed by atoms with Gasteiger partial charge >= 0.3 is 0 Å². The van der Waals surface area contributed by atoms with Gasteiger partial charge in [-0.2, -0.15) is 0 Å². The van der Waals surface area contributed by atoms with Crippen molar-refractivity contribution in [3.05, 3.63) is 182 Å². The van der Waals surface area contributed by atoms with Crippen molar-refractivity contribution in [3.8, 4) is 44.5 Å². The van der Waals surface area contributed by atoms with Crippen LogP contribution in [0.3, 0.4) is 0 Å². The lowest BCUT2D eigenvalue weighted by Crippen LogP contribution is -1.92. The summed E-state index contributed by atoms with van der Waals surface area (Å²) in [5.41, 5.74) is 11.4. The highest BCUT2D eigenvalue weighted by atomic mass is 16.3. The average Bonchev–Trinajstić information content (AvgIpc) is 3.55. The van der Waals surface area contributed by atoms with E-state index in [1.165, 1.54) is 54.6 Å². The molecule has 0 aliphatic rings. The summed E-state index contributed by atoms with van der Waals surface area (Å²) in [5, 5.41) is 9.78. The molecule has 0 fully saturated rings. The van der Waals surface area contributed by atoms with E-state index in [4.69, 9.17) is 4.42 Å². The topological polar surface area (TPSA) is 13.1 Å². The molecule has 0 saturated carbocycles. The molecule has 1 heteroatoms. The molecule has 0 saturated heterocycles. The Balaban J connectivity index is 1.23. The molecule has 0 amide bonds. The molecule has 0 aliphatic carbocycles. The highest BCUT2D eigenvalue weighted by molar-refractivity contribution is 6.22. The molecule has 1 nitrogen and oxygen atoms in total. The largest absolute Gasteiger partial charge is 0.455 e. The second-order valence-corrected chi connectivity index (χ2v) is 12.8. The Bertz CT molecular complexity index is 2820. The van der Waals surface area contributed by atoms with Gasteiger partial charge in [0.2, 0.25) is 0 Å².